The molecule has 1 amide bonds. The van der Waals surface area contributed by atoms with E-state index in [1.807, 2.05) is 73.7 Å². The average Bonchev–Trinajstić information content (AvgIpc) is 3.19. The Kier molecular flexibility index (Phi) is 7.07. The number of rotatable bonds is 6. The van der Waals surface area contributed by atoms with Crippen molar-refractivity contribution in [1.82, 2.24) is 4.90 Å². The Balaban J connectivity index is 1.52. The van der Waals surface area contributed by atoms with E-state index in [0.717, 1.165) is 21.9 Å². The van der Waals surface area contributed by atoms with Crippen LogP contribution in [0, 0.1) is 5.82 Å². The molecule has 5 rings (SSSR count). The zero-order valence-corrected chi connectivity index (χ0v) is 21.0. The molecule has 1 fully saturated rings. The first-order valence-electron chi connectivity index (χ1n) is 11.5. The zero-order chi connectivity index (χ0) is 25.1. The Morgan fingerprint density at radius 2 is 1.75 bits per heavy atom. The van der Waals surface area contributed by atoms with Crippen molar-refractivity contribution in [2.75, 3.05) is 6.54 Å². The zero-order valence-electron chi connectivity index (χ0n) is 19.4. The third-order valence-corrected chi connectivity index (χ3v) is 7.03. The van der Waals surface area contributed by atoms with Crippen molar-refractivity contribution >= 4 is 57.0 Å². The first-order chi connectivity index (χ1) is 17.5. The Morgan fingerprint density at radius 3 is 2.50 bits per heavy atom. The van der Waals surface area contributed by atoms with Gasteiger partial charge in [0.15, 0.2) is 5.17 Å². The van der Waals surface area contributed by atoms with E-state index >= 15 is 0 Å². The molecule has 1 saturated heterocycles. The van der Waals surface area contributed by atoms with Crippen LogP contribution in [0.15, 0.2) is 94.8 Å². The van der Waals surface area contributed by atoms with E-state index in [1.165, 1.54) is 23.9 Å². The number of ether oxygens (including phenoxy) is 1. The molecule has 0 spiro atoms. The van der Waals surface area contributed by atoms with E-state index in [0.29, 0.717) is 39.7 Å². The summed E-state index contributed by atoms with van der Waals surface area (Å²) in [5.74, 6) is 0.223. The summed E-state index contributed by atoms with van der Waals surface area (Å²) < 4.78 is 19.5. The van der Waals surface area contributed by atoms with Crippen LogP contribution in [0.1, 0.15) is 18.1 Å². The molecule has 7 heteroatoms. The highest BCUT2D eigenvalue weighted by Crippen LogP contribution is 2.38. The summed E-state index contributed by atoms with van der Waals surface area (Å²) in [5.41, 5.74) is 2.41. The highest BCUT2D eigenvalue weighted by Gasteiger charge is 2.32. The summed E-state index contributed by atoms with van der Waals surface area (Å²) >= 11 is 7.31. The van der Waals surface area contributed by atoms with Crippen LogP contribution in [0.25, 0.3) is 16.8 Å². The predicted molar refractivity (Wildman–Crippen MR) is 146 cm³/mol. The average molecular weight is 517 g/mol. The summed E-state index contributed by atoms with van der Waals surface area (Å²) in [7, 11) is 0. The first-order valence-corrected chi connectivity index (χ1v) is 12.7. The number of aliphatic imine (C=N–C) groups is 1. The molecular weight excluding hydrogens is 495 g/mol. The van der Waals surface area contributed by atoms with Gasteiger partial charge in [0.2, 0.25) is 0 Å². The van der Waals surface area contributed by atoms with E-state index in [-0.39, 0.29) is 11.7 Å². The highest BCUT2D eigenvalue weighted by molar-refractivity contribution is 8.18. The number of amidine groups is 1. The molecule has 0 saturated carbocycles. The molecule has 0 unspecified atom stereocenters. The maximum Gasteiger partial charge on any atom is 0.266 e. The quantitative estimate of drug-likeness (QED) is 0.245. The van der Waals surface area contributed by atoms with E-state index in [9.17, 15) is 9.18 Å². The van der Waals surface area contributed by atoms with Gasteiger partial charge in [-0.25, -0.2) is 9.38 Å². The number of hydrogen-bond acceptors (Lipinski definition) is 4. The lowest BCUT2D eigenvalue weighted by molar-refractivity contribution is -0.122. The number of halogens is 2. The summed E-state index contributed by atoms with van der Waals surface area (Å²) in [6.07, 6.45) is 1.88. The van der Waals surface area contributed by atoms with E-state index < -0.39 is 0 Å². The van der Waals surface area contributed by atoms with Gasteiger partial charge in [-0.05, 0) is 83.6 Å². The molecule has 0 radical (unpaired) electrons. The van der Waals surface area contributed by atoms with E-state index in [4.69, 9.17) is 16.3 Å². The molecule has 4 aromatic carbocycles. The lowest BCUT2D eigenvalue weighted by Gasteiger charge is -2.13. The smallest absolute Gasteiger partial charge is 0.266 e. The molecule has 1 aliphatic rings. The van der Waals surface area contributed by atoms with Gasteiger partial charge in [0.05, 0.1) is 10.6 Å². The van der Waals surface area contributed by atoms with Crippen molar-refractivity contribution in [2.45, 2.75) is 13.5 Å². The lowest BCUT2D eigenvalue weighted by atomic mass is 10.0. The van der Waals surface area contributed by atoms with Gasteiger partial charge in [-0.2, -0.15) is 0 Å². The third-order valence-electron chi connectivity index (χ3n) is 5.77. The molecule has 4 aromatic rings. The number of benzene rings is 4. The number of hydrogen-bond donors (Lipinski definition) is 0. The van der Waals surface area contributed by atoms with Crippen molar-refractivity contribution in [3.8, 4) is 5.75 Å². The van der Waals surface area contributed by atoms with E-state index in [2.05, 4.69) is 4.99 Å². The van der Waals surface area contributed by atoms with Crippen LogP contribution in [-0.2, 0) is 11.4 Å². The molecule has 180 valence electrons. The van der Waals surface area contributed by atoms with Gasteiger partial charge in [0, 0.05) is 17.1 Å². The number of amides is 1. The van der Waals surface area contributed by atoms with Crippen molar-refractivity contribution < 1.29 is 13.9 Å². The van der Waals surface area contributed by atoms with Crippen LogP contribution in [0.4, 0.5) is 10.1 Å². The SMILES string of the molecule is CCN1C(=O)/C(=C\c2c(OCc3ccc(Cl)cc3)ccc3ccccc23)SC1=Nc1ccc(F)cc1. The van der Waals surface area contributed by atoms with Crippen LogP contribution >= 0.6 is 23.4 Å². The second-order valence-corrected chi connectivity index (χ2v) is 9.59. The van der Waals surface area contributed by atoms with Gasteiger partial charge in [-0.1, -0.05) is 54.1 Å². The van der Waals surface area contributed by atoms with Gasteiger partial charge in [0.1, 0.15) is 18.2 Å². The molecule has 4 nitrogen and oxygen atoms in total. The topological polar surface area (TPSA) is 41.9 Å². The molecule has 36 heavy (non-hydrogen) atoms. The molecule has 0 bridgehead atoms. The normalized spacial score (nSPS) is 15.9. The molecule has 0 aromatic heterocycles. The maximum atomic E-state index is 13.3. The summed E-state index contributed by atoms with van der Waals surface area (Å²) in [6.45, 7) is 2.74. The third kappa shape index (κ3) is 5.15. The number of carbonyl (C=O) groups excluding carboxylic acids is 1. The Labute approximate surface area is 218 Å². The van der Waals surface area contributed by atoms with Crippen molar-refractivity contribution in [1.29, 1.82) is 0 Å². The number of nitrogens with zero attached hydrogens (tertiary/aromatic N) is 2. The van der Waals surface area contributed by atoms with Crippen molar-refractivity contribution in [3.05, 3.63) is 112 Å². The summed E-state index contributed by atoms with van der Waals surface area (Å²) in [5, 5.41) is 3.26. The number of thioether (sulfide) groups is 1. The largest absolute Gasteiger partial charge is 0.488 e. The molecule has 0 atom stereocenters. The number of likely N-dealkylation sites (N-methyl/N-ethyl adjacent to an activating group) is 1. The van der Waals surface area contributed by atoms with E-state index in [1.54, 1.807) is 17.0 Å². The minimum Gasteiger partial charge on any atom is -0.488 e. The molecule has 0 aliphatic carbocycles. The van der Waals surface area contributed by atoms with Gasteiger partial charge in [-0.15, -0.1) is 0 Å². The first kappa shape index (κ1) is 24.1. The van der Waals surface area contributed by atoms with Gasteiger partial charge in [-0.3, -0.25) is 9.69 Å². The van der Waals surface area contributed by atoms with Crippen LogP contribution < -0.4 is 4.74 Å². The summed E-state index contributed by atoms with van der Waals surface area (Å²) in [6, 6.07) is 25.4. The van der Waals surface area contributed by atoms with Crippen LogP contribution in [-0.4, -0.2) is 22.5 Å². The van der Waals surface area contributed by atoms with Crippen LogP contribution in [0.2, 0.25) is 5.02 Å². The number of fused-ring (bicyclic) bond motifs is 1. The molecule has 1 heterocycles. The minimum atomic E-state index is -0.330. The maximum absolute atomic E-state index is 13.3. The standard InChI is InChI=1S/C29H22ClFN2O2S/c1-2-33-28(34)27(36-29(33)32-23-14-12-22(31)13-15-23)17-25-24-6-4-3-5-20(24)9-16-26(25)35-18-19-7-10-21(30)11-8-19/h3-17H,2,18H2,1H3/b27-17+,32-29?. The van der Waals surface area contributed by atoms with Crippen LogP contribution in [0.5, 0.6) is 5.75 Å². The molecular formula is C29H22ClFN2O2S. The fraction of sp³-hybridized carbons (Fsp3) is 0.103. The molecule has 1 aliphatic heterocycles. The second-order valence-electron chi connectivity index (χ2n) is 8.14. The Morgan fingerprint density at radius 1 is 1.00 bits per heavy atom. The lowest BCUT2D eigenvalue weighted by Crippen LogP contribution is -2.28. The van der Waals surface area contributed by atoms with Gasteiger partial charge < -0.3 is 4.74 Å². The summed E-state index contributed by atoms with van der Waals surface area (Å²) in [4.78, 5) is 20.1. The number of carbonyl (C=O) groups is 1. The monoisotopic (exact) mass is 516 g/mol. The Bertz CT molecular complexity index is 1480. The molecule has 0 N–H and O–H groups in total. The highest BCUT2D eigenvalue weighted by atomic mass is 35.5. The van der Waals surface area contributed by atoms with Crippen molar-refractivity contribution in [3.63, 3.8) is 0 Å². The van der Waals surface area contributed by atoms with Gasteiger partial charge >= 0.3 is 0 Å². The van der Waals surface area contributed by atoms with Gasteiger partial charge in [0.25, 0.3) is 5.91 Å². The predicted octanol–water partition coefficient (Wildman–Crippen LogP) is 7.84. The fourth-order valence-corrected chi connectivity index (χ4v) is 5.09. The van der Waals surface area contributed by atoms with Crippen LogP contribution in [0.3, 0.4) is 0 Å². The fourth-order valence-electron chi connectivity index (χ4n) is 3.92. The van der Waals surface area contributed by atoms with Crippen molar-refractivity contribution in [2.24, 2.45) is 4.99 Å². The second kappa shape index (κ2) is 10.6. The minimum absolute atomic E-state index is 0.125. The Hall–Kier alpha value is -3.61.